The van der Waals surface area contributed by atoms with Crippen molar-refractivity contribution in [2.75, 3.05) is 0 Å². The number of imidazole rings is 2. The zero-order valence-corrected chi connectivity index (χ0v) is 31.4. The lowest BCUT2D eigenvalue weighted by Gasteiger charge is -2.13. The number of hydrogen-bond acceptors (Lipinski definition) is 2. The third-order valence-corrected chi connectivity index (χ3v) is 11.7. The molecule has 0 fully saturated rings. The molecule has 4 nitrogen and oxygen atoms in total. The molecule has 0 N–H and O–H groups in total. The minimum absolute atomic E-state index is 0.932. The van der Waals surface area contributed by atoms with E-state index in [1.165, 1.54) is 49.7 Å². The maximum absolute atomic E-state index is 5.16. The van der Waals surface area contributed by atoms with Crippen LogP contribution in [0.25, 0.3) is 111 Å². The van der Waals surface area contributed by atoms with Gasteiger partial charge in [-0.2, -0.15) is 0 Å². The average molecular weight is 739 g/mol. The number of nitrogens with zero attached hydrogens (tertiary/aromatic N) is 4. The Morgan fingerprint density at radius 3 is 1.43 bits per heavy atom. The summed E-state index contributed by atoms with van der Waals surface area (Å²) in [6.07, 6.45) is 0. The molecule has 0 unspecified atom stereocenters. The predicted octanol–water partition coefficient (Wildman–Crippen LogP) is 13.8. The van der Waals surface area contributed by atoms with Crippen LogP contribution in [-0.4, -0.2) is 19.1 Å². The molecule has 0 aliphatic heterocycles. The first kappa shape index (κ1) is 32.4. The lowest BCUT2D eigenvalue weighted by molar-refractivity contribution is 1.10. The summed E-state index contributed by atoms with van der Waals surface area (Å²) in [6.45, 7) is 0. The topological polar surface area (TPSA) is 35.6 Å². The minimum atomic E-state index is 0.932. The number of fused-ring (bicyclic) bond motifs is 5. The highest BCUT2D eigenvalue weighted by molar-refractivity contribution is 6.19. The van der Waals surface area contributed by atoms with E-state index in [1.54, 1.807) is 0 Å². The second-order valence-corrected chi connectivity index (χ2v) is 15.0. The molecule has 1 aliphatic carbocycles. The van der Waals surface area contributed by atoms with Crippen LogP contribution in [0.3, 0.4) is 0 Å². The molecule has 11 aromatic rings. The van der Waals surface area contributed by atoms with E-state index in [1.807, 2.05) is 0 Å². The second-order valence-electron chi connectivity index (χ2n) is 15.0. The first-order valence-corrected chi connectivity index (χ1v) is 19.7. The number of para-hydroxylation sites is 6. The molecule has 58 heavy (non-hydrogen) atoms. The van der Waals surface area contributed by atoms with E-state index >= 15 is 0 Å². The van der Waals surface area contributed by atoms with E-state index in [4.69, 9.17) is 9.97 Å². The summed E-state index contributed by atoms with van der Waals surface area (Å²) in [4.78, 5) is 10.3. The van der Waals surface area contributed by atoms with E-state index in [0.717, 1.165) is 61.8 Å². The molecule has 2 heterocycles. The van der Waals surface area contributed by atoms with Gasteiger partial charge in [-0.3, -0.25) is 9.13 Å². The molecule has 9 aromatic carbocycles. The Hall–Kier alpha value is -7.82. The number of aromatic nitrogens is 4. The quantitative estimate of drug-likeness (QED) is 0.170. The van der Waals surface area contributed by atoms with Crippen molar-refractivity contribution < 1.29 is 0 Å². The molecule has 4 heteroatoms. The summed E-state index contributed by atoms with van der Waals surface area (Å²) in [6, 6.07) is 73.8. The zero-order valence-electron chi connectivity index (χ0n) is 31.4. The van der Waals surface area contributed by atoms with Gasteiger partial charge in [0.05, 0.1) is 22.1 Å². The van der Waals surface area contributed by atoms with Gasteiger partial charge < -0.3 is 0 Å². The molecule has 12 rings (SSSR count). The minimum Gasteiger partial charge on any atom is -0.292 e. The van der Waals surface area contributed by atoms with Crippen molar-refractivity contribution in [2.45, 2.75) is 0 Å². The first-order chi connectivity index (χ1) is 28.8. The summed E-state index contributed by atoms with van der Waals surface area (Å²) < 4.78 is 4.53. The van der Waals surface area contributed by atoms with Crippen molar-refractivity contribution in [2.24, 2.45) is 0 Å². The van der Waals surface area contributed by atoms with Crippen LogP contribution in [0.4, 0.5) is 0 Å². The molecule has 0 saturated carbocycles. The smallest absolute Gasteiger partial charge is 0.145 e. The monoisotopic (exact) mass is 738 g/mol. The van der Waals surface area contributed by atoms with Crippen molar-refractivity contribution >= 4 is 32.8 Å². The van der Waals surface area contributed by atoms with Crippen LogP contribution in [0.5, 0.6) is 0 Å². The summed E-state index contributed by atoms with van der Waals surface area (Å²) in [5, 5.41) is 2.56. The summed E-state index contributed by atoms with van der Waals surface area (Å²) in [5.74, 6) is 1.86. The van der Waals surface area contributed by atoms with Gasteiger partial charge in [0.25, 0.3) is 0 Å². The van der Waals surface area contributed by atoms with Gasteiger partial charge in [0.2, 0.25) is 0 Å². The van der Waals surface area contributed by atoms with E-state index < -0.39 is 0 Å². The standard InChI is InChI=1S/C54H34N4/c1-3-18-40(19-4-1)57-50-26-9-7-24-48(50)55-53(57)38-16-11-14-35(32-38)36-28-29-43-46-31-30-42(44-22-13-23-45(52(44)46)47(43)34-36)37-15-12-17-39(33-37)54-56-49-25-8-10-27-51(49)58(54)41-20-5-2-6-21-41/h1-34H. The van der Waals surface area contributed by atoms with E-state index in [2.05, 4.69) is 215 Å². The predicted molar refractivity (Wildman–Crippen MR) is 239 cm³/mol. The Kier molecular flexibility index (Phi) is 7.20. The normalized spacial score (nSPS) is 11.8. The van der Waals surface area contributed by atoms with E-state index in [9.17, 15) is 0 Å². The SMILES string of the molecule is c1ccc(-n2c(-c3cccc(-c4ccc5c(c4)-c4cccc6c(-c7cccc(-c8nc9ccccc9n8-c8ccccc8)c7)ccc-5c46)c3)nc3ccccc32)cc1. The Labute approximate surface area is 335 Å². The van der Waals surface area contributed by atoms with Crippen LogP contribution < -0.4 is 0 Å². The van der Waals surface area contributed by atoms with Crippen LogP contribution in [-0.2, 0) is 0 Å². The van der Waals surface area contributed by atoms with Crippen molar-refractivity contribution in [3.63, 3.8) is 0 Å². The van der Waals surface area contributed by atoms with Gasteiger partial charge in [0.1, 0.15) is 11.6 Å². The van der Waals surface area contributed by atoms with Gasteiger partial charge >= 0.3 is 0 Å². The third-order valence-electron chi connectivity index (χ3n) is 11.7. The Morgan fingerprint density at radius 2 is 0.776 bits per heavy atom. The number of hydrogen-bond donors (Lipinski definition) is 0. The number of benzene rings is 9. The Morgan fingerprint density at radius 1 is 0.293 bits per heavy atom. The fraction of sp³-hybridized carbons (Fsp3) is 0. The van der Waals surface area contributed by atoms with Crippen molar-refractivity contribution in [3.05, 3.63) is 206 Å². The molecule has 0 bridgehead atoms. The second kappa shape index (κ2) is 12.9. The Bertz CT molecular complexity index is 3390. The average Bonchev–Trinajstić information content (AvgIpc) is 3.98. The molecule has 0 amide bonds. The van der Waals surface area contributed by atoms with Crippen LogP contribution in [0.15, 0.2) is 206 Å². The molecule has 0 spiro atoms. The lowest BCUT2D eigenvalue weighted by Crippen LogP contribution is -1.97. The van der Waals surface area contributed by atoms with Gasteiger partial charge in [0.15, 0.2) is 0 Å². The van der Waals surface area contributed by atoms with Gasteiger partial charge in [-0.1, -0.05) is 140 Å². The molecule has 270 valence electrons. The lowest BCUT2D eigenvalue weighted by atomic mass is 9.93. The highest BCUT2D eigenvalue weighted by Crippen LogP contribution is 2.50. The molecule has 1 aliphatic rings. The fourth-order valence-electron chi connectivity index (χ4n) is 9.07. The van der Waals surface area contributed by atoms with Crippen molar-refractivity contribution in [1.82, 2.24) is 19.1 Å². The summed E-state index contributed by atoms with van der Waals surface area (Å²) in [7, 11) is 0. The maximum Gasteiger partial charge on any atom is 0.145 e. The van der Waals surface area contributed by atoms with E-state index in [-0.39, 0.29) is 0 Å². The maximum atomic E-state index is 5.16. The number of rotatable bonds is 6. The first-order valence-electron chi connectivity index (χ1n) is 19.7. The largest absolute Gasteiger partial charge is 0.292 e. The summed E-state index contributed by atoms with van der Waals surface area (Å²) >= 11 is 0. The van der Waals surface area contributed by atoms with Crippen LogP contribution in [0, 0.1) is 0 Å². The van der Waals surface area contributed by atoms with E-state index in [0.29, 0.717) is 0 Å². The zero-order chi connectivity index (χ0) is 38.2. The van der Waals surface area contributed by atoms with Crippen LogP contribution in [0.1, 0.15) is 0 Å². The van der Waals surface area contributed by atoms with Gasteiger partial charge in [0, 0.05) is 22.5 Å². The molecule has 0 radical (unpaired) electrons. The molecule has 0 saturated heterocycles. The van der Waals surface area contributed by atoms with Crippen molar-refractivity contribution in [3.8, 4) is 78.7 Å². The Balaban J connectivity index is 0.947. The summed E-state index contributed by atoms with van der Waals surface area (Å²) in [5.41, 5.74) is 18.3. The van der Waals surface area contributed by atoms with Crippen LogP contribution >= 0.6 is 0 Å². The molecule has 2 aromatic heterocycles. The van der Waals surface area contributed by atoms with Crippen molar-refractivity contribution in [1.29, 1.82) is 0 Å². The molecule has 0 atom stereocenters. The van der Waals surface area contributed by atoms with Gasteiger partial charge in [-0.25, -0.2) is 9.97 Å². The van der Waals surface area contributed by atoms with Gasteiger partial charge in [-0.15, -0.1) is 0 Å². The fourth-order valence-corrected chi connectivity index (χ4v) is 9.07. The third kappa shape index (κ3) is 5.02. The van der Waals surface area contributed by atoms with Gasteiger partial charge in [-0.05, 0) is 122 Å². The molecular formula is C54H34N4. The van der Waals surface area contributed by atoms with Crippen LogP contribution in [0.2, 0.25) is 0 Å². The highest BCUT2D eigenvalue weighted by Gasteiger charge is 2.24. The highest BCUT2D eigenvalue weighted by atomic mass is 15.1. The molecular weight excluding hydrogens is 705 g/mol.